The van der Waals surface area contributed by atoms with E-state index in [0.717, 1.165) is 11.1 Å². The molecule has 2 rings (SSSR count). The molecule has 120 valence electrons. The van der Waals surface area contributed by atoms with Crippen LogP contribution < -0.4 is 5.32 Å². The topological polar surface area (TPSA) is 81.5 Å². The van der Waals surface area contributed by atoms with Gasteiger partial charge in [-0.2, -0.15) is 0 Å². The Labute approximate surface area is 134 Å². The van der Waals surface area contributed by atoms with Gasteiger partial charge in [-0.05, 0) is 11.1 Å². The molecule has 1 N–H and O–H groups in total. The second-order valence-corrected chi connectivity index (χ2v) is 5.05. The molecule has 0 heterocycles. The van der Waals surface area contributed by atoms with E-state index in [-0.39, 0.29) is 24.1 Å². The molecule has 1 unspecified atom stereocenters. The van der Waals surface area contributed by atoms with Crippen LogP contribution in [-0.4, -0.2) is 18.0 Å². The van der Waals surface area contributed by atoms with Gasteiger partial charge in [0.05, 0.1) is 18.5 Å². The molecule has 0 aliphatic carbocycles. The summed E-state index contributed by atoms with van der Waals surface area (Å²) in [5.41, 5.74) is 1.95. The summed E-state index contributed by atoms with van der Waals surface area (Å²) in [5, 5.41) is 14.0. The fourth-order valence-electron chi connectivity index (χ4n) is 2.22. The van der Waals surface area contributed by atoms with E-state index in [1.807, 2.05) is 30.3 Å². The number of nitrogens with one attached hydrogen (secondary N) is 1. The average molecular weight is 314 g/mol. The van der Waals surface area contributed by atoms with E-state index < -0.39 is 4.92 Å². The van der Waals surface area contributed by atoms with Crippen molar-refractivity contribution in [3.8, 4) is 0 Å². The fraction of sp³-hybridized carbons (Fsp3) is 0.235. The molecule has 0 aliphatic heterocycles. The first kappa shape index (κ1) is 16.6. The zero-order valence-corrected chi connectivity index (χ0v) is 12.8. The first-order valence-electron chi connectivity index (χ1n) is 7.18. The van der Waals surface area contributed by atoms with Crippen LogP contribution in [0.5, 0.6) is 0 Å². The van der Waals surface area contributed by atoms with Crippen molar-refractivity contribution >= 4 is 11.7 Å². The summed E-state index contributed by atoms with van der Waals surface area (Å²) in [4.78, 5) is 21.8. The third kappa shape index (κ3) is 4.89. The molecule has 6 nitrogen and oxygen atoms in total. The predicted octanol–water partition coefficient (Wildman–Crippen LogP) is 2.99. The smallest absolute Gasteiger partial charge is 0.307 e. The number of hydrogen-bond acceptors (Lipinski definition) is 5. The number of carbonyl (C=O) groups is 1. The molecule has 0 bridgehead atoms. The van der Waals surface area contributed by atoms with Crippen LogP contribution in [0.2, 0.25) is 0 Å². The lowest BCUT2D eigenvalue weighted by Crippen LogP contribution is -2.24. The van der Waals surface area contributed by atoms with E-state index in [4.69, 9.17) is 4.74 Å². The van der Waals surface area contributed by atoms with Gasteiger partial charge in [-0.1, -0.05) is 42.5 Å². The van der Waals surface area contributed by atoms with E-state index in [1.54, 1.807) is 12.1 Å². The SMILES string of the molecule is COC(=O)CC(NCc1ccc([N+](=O)[O-])cc1)c1ccccc1. The number of nitro benzene ring substituents is 1. The third-order valence-electron chi connectivity index (χ3n) is 3.50. The van der Waals surface area contributed by atoms with Gasteiger partial charge in [0.2, 0.25) is 0 Å². The van der Waals surface area contributed by atoms with Gasteiger partial charge < -0.3 is 10.1 Å². The molecule has 0 spiro atoms. The second-order valence-electron chi connectivity index (χ2n) is 5.05. The molecule has 0 saturated heterocycles. The monoisotopic (exact) mass is 314 g/mol. The van der Waals surface area contributed by atoms with Crippen LogP contribution in [0.15, 0.2) is 54.6 Å². The van der Waals surface area contributed by atoms with Crippen molar-refractivity contribution in [1.82, 2.24) is 5.32 Å². The van der Waals surface area contributed by atoms with Gasteiger partial charge in [0.25, 0.3) is 5.69 Å². The molecule has 23 heavy (non-hydrogen) atoms. The van der Waals surface area contributed by atoms with E-state index >= 15 is 0 Å². The highest BCUT2D eigenvalue weighted by atomic mass is 16.6. The molecule has 0 fully saturated rings. The van der Waals surface area contributed by atoms with Crippen LogP contribution in [-0.2, 0) is 16.1 Å². The Hall–Kier alpha value is -2.73. The van der Waals surface area contributed by atoms with Gasteiger partial charge >= 0.3 is 5.97 Å². The largest absolute Gasteiger partial charge is 0.469 e. The maximum Gasteiger partial charge on any atom is 0.307 e. The summed E-state index contributed by atoms with van der Waals surface area (Å²) in [6.07, 6.45) is 0.216. The number of benzene rings is 2. The first-order chi connectivity index (χ1) is 11.1. The van der Waals surface area contributed by atoms with Gasteiger partial charge in [-0.3, -0.25) is 14.9 Å². The fourth-order valence-corrected chi connectivity index (χ4v) is 2.22. The zero-order valence-electron chi connectivity index (χ0n) is 12.8. The molecule has 0 aromatic heterocycles. The highest BCUT2D eigenvalue weighted by Gasteiger charge is 2.16. The molecule has 0 amide bonds. The maximum atomic E-state index is 11.6. The van der Waals surface area contributed by atoms with E-state index in [9.17, 15) is 14.9 Å². The third-order valence-corrected chi connectivity index (χ3v) is 3.50. The lowest BCUT2D eigenvalue weighted by molar-refractivity contribution is -0.384. The van der Waals surface area contributed by atoms with Crippen LogP contribution in [0.25, 0.3) is 0 Å². The number of nitro groups is 1. The Morgan fingerprint density at radius 3 is 2.39 bits per heavy atom. The normalized spacial score (nSPS) is 11.7. The van der Waals surface area contributed by atoms with Gasteiger partial charge in [0.1, 0.15) is 0 Å². The number of nitrogens with zero attached hydrogens (tertiary/aromatic N) is 1. The second kappa shape index (κ2) is 8.05. The van der Waals surface area contributed by atoms with E-state index in [1.165, 1.54) is 19.2 Å². The van der Waals surface area contributed by atoms with Crippen molar-refractivity contribution in [3.63, 3.8) is 0 Å². The van der Waals surface area contributed by atoms with Crippen molar-refractivity contribution in [3.05, 3.63) is 75.8 Å². The molecule has 0 saturated carbocycles. The number of carbonyl (C=O) groups excluding carboxylic acids is 1. The molecular weight excluding hydrogens is 296 g/mol. The summed E-state index contributed by atoms with van der Waals surface area (Å²) in [6, 6.07) is 15.8. The number of non-ortho nitro benzene ring substituents is 1. The van der Waals surface area contributed by atoms with Crippen LogP contribution >= 0.6 is 0 Å². The quantitative estimate of drug-likeness (QED) is 0.482. The maximum absolute atomic E-state index is 11.6. The summed E-state index contributed by atoms with van der Waals surface area (Å²) in [6.45, 7) is 0.495. The summed E-state index contributed by atoms with van der Waals surface area (Å²) in [7, 11) is 1.36. The molecule has 6 heteroatoms. The van der Waals surface area contributed by atoms with Crippen LogP contribution in [0.4, 0.5) is 5.69 Å². The first-order valence-corrected chi connectivity index (χ1v) is 7.18. The summed E-state index contributed by atoms with van der Waals surface area (Å²) < 4.78 is 4.74. The Kier molecular flexibility index (Phi) is 5.82. The summed E-state index contributed by atoms with van der Waals surface area (Å²) in [5.74, 6) is -0.296. The molecule has 1 atom stereocenters. The van der Waals surface area contributed by atoms with Gasteiger partial charge in [0.15, 0.2) is 0 Å². The van der Waals surface area contributed by atoms with Gasteiger partial charge in [-0.15, -0.1) is 0 Å². The summed E-state index contributed by atoms with van der Waals surface area (Å²) >= 11 is 0. The van der Waals surface area contributed by atoms with Crippen molar-refractivity contribution in [2.45, 2.75) is 19.0 Å². The van der Waals surface area contributed by atoms with Crippen molar-refractivity contribution < 1.29 is 14.5 Å². The Morgan fingerprint density at radius 1 is 1.17 bits per heavy atom. The molecule has 0 aliphatic rings. The number of ether oxygens (including phenoxy) is 1. The predicted molar refractivity (Wildman–Crippen MR) is 85.8 cm³/mol. The van der Waals surface area contributed by atoms with Gasteiger partial charge in [0, 0.05) is 24.7 Å². The minimum Gasteiger partial charge on any atom is -0.469 e. The highest BCUT2D eigenvalue weighted by Crippen LogP contribution is 2.19. The Bertz CT molecular complexity index is 656. The van der Waals surface area contributed by atoms with Crippen LogP contribution in [0.3, 0.4) is 0 Å². The van der Waals surface area contributed by atoms with Gasteiger partial charge in [-0.25, -0.2) is 0 Å². The minimum atomic E-state index is -0.429. The molecular formula is C17H18N2O4. The Morgan fingerprint density at radius 2 is 1.83 bits per heavy atom. The number of rotatable bonds is 7. The molecule has 0 radical (unpaired) electrons. The van der Waals surface area contributed by atoms with Crippen molar-refractivity contribution in [2.75, 3.05) is 7.11 Å². The zero-order chi connectivity index (χ0) is 16.7. The minimum absolute atomic E-state index is 0.0583. The van der Waals surface area contributed by atoms with Crippen LogP contribution in [0.1, 0.15) is 23.6 Å². The van der Waals surface area contributed by atoms with E-state index in [0.29, 0.717) is 6.54 Å². The molecule has 2 aromatic carbocycles. The Balaban J connectivity index is 2.05. The van der Waals surface area contributed by atoms with Crippen LogP contribution in [0, 0.1) is 10.1 Å². The van der Waals surface area contributed by atoms with Crippen molar-refractivity contribution in [1.29, 1.82) is 0 Å². The number of hydrogen-bond donors (Lipinski definition) is 1. The highest BCUT2D eigenvalue weighted by molar-refractivity contribution is 5.70. The number of esters is 1. The van der Waals surface area contributed by atoms with E-state index in [2.05, 4.69) is 5.32 Å². The standard InChI is InChI=1S/C17H18N2O4/c1-23-17(20)11-16(14-5-3-2-4-6-14)18-12-13-7-9-15(10-8-13)19(21)22/h2-10,16,18H,11-12H2,1H3. The average Bonchev–Trinajstić information content (AvgIpc) is 2.59. The number of methoxy groups -OCH3 is 1. The lowest BCUT2D eigenvalue weighted by Gasteiger charge is -2.18. The molecule has 2 aromatic rings. The van der Waals surface area contributed by atoms with Crippen molar-refractivity contribution in [2.24, 2.45) is 0 Å². The lowest BCUT2D eigenvalue weighted by atomic mass is 10.0.